The largest absolute Gasteiger partial charge is 0.437 e. The summed E-state index contributed by atoms with van der Waals surface area (Å²) >= 11 is 7.13. The first-order chi connectivity index (χ1) is 13.4. The first kappa shape index (κ1) is 19.3. The van der Waals surface area contributed by atoms with E-state index in [0.717, 1.165) is 49.8 Å². The van der Waals surface area contributed by atoms with Gasteiger partial charge in [-0.25, -0.2) is 0 Å². The lowest BCUT2D eigenvalue weighted by Gasteiger charge is -2.15. The van der Waals surface area contributed by atoms with E-state index < -0.39 is 0 Å². The standard InChI is InChI=1S/C22H21Br2N2O2/c1-5-26-18-12-15(23)11-16(24)22(18)28-21(26)8-6-7-20-25(4)17-9-13(2)14(3)10-19(17)27-20/h6-12H,5H2,1-4H3/q+1. The number of anilines is 1. The number of benzene rings is 2. The average Bonchev–Trinajstić information content (AvgIpc) is 3.14. The molecule has 0 spiro atoms. The maximum atomic E-state index is 6.09. The van der Waals surface area contributed by atoms with E-state index in [-0.39, 0.29) is 0 Å². The van der Waals surface area contributed by atoms with Crippen LogP contribution in [-0.4, -0.2) is 6.54 Å². The van der Waals surface area contributed by atoms with Gasteiger partial charge in [-0.15, -0.1) is 0 Å². The van der Waals surface area contributed by atoms with E-state index in [1.807, 2.05) is 31.3 Å². The number of halogens is 2. The van der Waals surface area contributed by atoms with Crippen molar-refractivity contribution in [3.63, 3.8) is 0 Å². The highest BCUT2D eigenvalue weighted by Crippen LogP contribution is 2.45. The molecule has 0 atom stereocenters. The van der Waals surface area contributed by atoms with Gasteiger partial charge in [-0.1, -0.05) is 15.9 Å². The zero-order valence-electron chi connectivity index (χ0n) is 16.2. The summed E-state index contributed by atoms with van der Waals surface area (Å²) < 4.78 is 16.1. The Labute approximate surface area is 181 Å². The molecule has 6 heteroatoms. The number of oxazole rings is 1. The second-order valence-corrected chi connectivity index (χ2v) is 8.62. The molecule has 0 saturated carbocycles. The molecule has 4 nitrogen and oxygen atoms in total. The Hall–Kier alpha value is -2.05. The molecule has 1 aliphatic heterocycles. The van der Waals surface area contributed by atoms with Gasteiger partial charge in [0.1, 0.15) is 7.05 Å². The minimum atomic E-state index is 0.790. The molecule has 0 amide bonds. The minimum absolute atomic E-state index is 0.790. The molecule has 0 bridgehead atoms. The van der Waals surface area contributed by atoms with E-state index in [1.165, 1.54) is 11.1 Å². The van der Waals surface area contributed by atoms with Gasteiger partial charge in [0.25, 0.3) is 5.52 Å². The van der Waals surface area contributed by atoms with Crippen LogP contribution < -0.4 is 14.2 Å². The van der Waals surface area contributed by atoms with Gasteiger partial charge >= 0.3 is 5.89 Å². The second-order valence-electron chi connectivity index (χ2n) is 6.85. The Morgan fingerprint density at radius 1 is 1.11 bits per heavy atom. The van der Waals surface area contributed by atoms with E-state index in [4.69, 9.17) is 9.15 Å². The summed E-state index contributed by atoms with van der Waals surface area (Å²) in [4.78, 5) is 2.14. The van der Waals surface area contributed by atoms with Crippen LogP contribution in [0.15, 0.2) is 55.7 Å². The molecule has 4 rings (SSSR count). The molecule has 1 aromatic heterocycles. The van der Waals surface area contributed by atoms with Crippen molar-refractivity contribution in [1.82, 2.24) is 0 Å². The van der Waals surface area contributed by atoms with Crippen LogP contribution in [-0.2, 0) is 7.05 Å². The van der Waals surface area contributed by atoms with Crippen molar-refractivity contribution < 1.29 is 13.7 Å². The smallest absolute Gasteiger partial charge is 0.373 e. The van der Waals surface area contributed by atoms with Crippen LogP contribution in [0.5, 0.6) is 5.75 Å². The number of aryl methyl sites for hydroxylation is 3. The lowest BCUT2D eigenvalue weighted by atomic mass is 10.1. The van der Waals surface area contributed by atoms with Crippen LogP contribution in [0.4, 0.5) is 5.69 Å². The van der Waals surface area contributed by atoms with E-state index >= 15 is 0 Å². The Balaban J connectivity index is 1.66. The zero-order valence-corrected chi connectivity index (χ0v) is 19.4. The molecule has 144 valence electrons. The van der Waals surface area contributed by atoms with Crippen molar-refractivity contribution in [2.75, 3.05) is 11.4 Å². The maximum absolute atomic E-state index is 6.09. The number of fused-ring (bicyclic) bond motifs is 2. The van der Waals surface area contributed by atoms with Crippen LogP contribution in [0.2, 0.25) is 0 Å². The van der Waals surface area contributed by atoms with Crippen molar-refractivity contribution in [2.45, 2.75) is 20.8 Å². The van der Waals surface area contributed by atoms with Crippen LogP contribution >= 0.6 is 31.9 Å². The Morgan fingerprint density at radius 2 is 1.86 bits per heavy atom. The normalized spacial score (nSPS) is 15.1. The fraction of sp³-hybridized carbons (Fsp3) is 0.227. The monoisotopic (exact) mass is 503 g/mol. The van der Waals surface area contributed by atoms with Crippen LogP contribution in [0.25, 0.3) is 17.2 Å². The third-order valence-corrected chi connectivity index (χ3v) is 6.07. The van der Waals surface area contributed by atoms with Crippen molar-refractivity contribution >= 4 is 54.7 Å². The number of rotatable bonds is 3. The molecule has 28 heavy (non-hydrogen) atoms. The topological polar surface area (TPSA) is 29.5 Å². The number of nitrogens with zero attached hydrogens (tertiary/aromatic N) is 2. The highest BCUT2D eigenvalue weighted by atomic mass is 79.9. The first-order valence-electron chi connectivity index (χ1n) is 9.11. The highest BCUT2D eigenvalue weighted by Gasteiger charge is 2.27. The number of allylic oxidation sites excluding steroid dienone is 2. The molecule has 2 heterocycles. The summed E-state index contributed by atoms with van der Waals surface area (Å²) in [7, 11) is 2.02. The molecule has 3 aromatic rings. The molecule has 0 aliphatic carbocycles. The van der Waals surface area contributed by atoms with Gasteiger partial charge < -0.3 is 14.1 Å². The first-order valence-corrected chi connectivity index (χ1v) is 10.7. The molecule has 2 aromatic carbocycles. The molecule has 0 saturated heterocycles. The van der Waals surface area contributed by atoms with Gasteiger partial charge in [-0.05, 0) is 78.2 Å². The SMILES string of the molecule is CCN1C(=CC=Cc2oc3cc(C)c(C)cc3[n+]2C)Oc2c(Br)cc(Br)cc21. The third-order valence-electron chi connectivity index (χ3n) is 5.03. The van der Waals surface area contributed by atoms with E-state index in [1.54, 1.807) is 0 Å². The van der Waals surface area contributed by atoms with Gasteiger partial charge in [-0.2, -0.15) is 4.57 Å². The summed E-state index contributed by atoms with van der Waals surface area (Å²) in [5.41, 5.74) is 5.51. The number of ether oxygens (including phenoxy) is 1. The fourth-order valence-corrected chi connectivity index (χ4v) is 4.64. The molecule has 0 fully saturated rings. The average molecular weight is 505 g/mol. The molecule has 1 aliphatic rings. The van der Waals surface area contributed by atoms with Crippen LogP contribution in [0.3, 0.4) is 0 Å². The number of aromatic nitrogens is 1. The lowest BCUT2D eigenvalue weighted by Crippen LogP contribution is -2.29. The Bertz CT molecular complexity index is 1150. The van der Waals surface area contributed by atoms with E-state index in [0.29, 0.717) is 0 Å². The van der Waals surface area contributed by atoms with Gasteiger partial charge in [-0.3, -0.25) is 0 Å². The van der Waals surface area contributed by atoms with Crippen LogP contribution in [0, 0.1) is 13.8 Å². The summed E-state index contributed by atoms with van der Waals surface area (Å²) in [6, 6.07) is 8.31. The number of hydrogen-bond acceptors (Lipinski definition) is 3. The van der Waals surface area contributed by atoms with Crippen molar-refractivity contribution in [2.24, 2.45) is 7.05 Å². The van der Waals surface area contributed by atoms with Gasteiger partial charge in [0.05, 0.1) is 16.2 Å². The lowest BCUT2D eigenvalue weighted by molar-refractivity contribution is -0.652. The predicted molar refractivity (Wildman–Crippen MR) is 119 cm³/mol. The van der Waals surface area contributed by atoms with Gasteiger partial charge in [0.2, 0.25) is 11.5 Å². The van der Waals surface area contributed by atoms with Crippen molar-refractivity contribution in [3.8, 4) is 5.75 Å². The minimum Gasteiger partial charge on any atom is -0.437 e. The van der Waals surface area contributed by atoms with Gasteiger partial charge in [0, 0.05) is 17.1 Å². The van der Waals surface area contributed by atoms with Crippen molar-refractivity contribution in [1.29, 1.82) is 0 Å². The summed E-state index contributed by atoms with van der Waals surface area (Å²) in [6.45, 7) is 7.13. The van der Waals surface area contributed by atoms with Gasteiger partial charge in [0.15, 0.2) is 5.75 Å². The Morgan fingerprint density at radius 3 is 2.61 bits per heavy atom. The molecule has 0 unspecified atom stereocenters. The third kappa shape index (κ3) is 3.29. The fourth-order valence-electron chi connectivity index (χ4n) is 3.35. The Kier molecular flexibility index (Phi) is 5.10. The molecule has 0 radical (unpaired) electrons. The molecular weight excluding hydrogens is 484 g/mol. The predicted octanol–water partition coefficient (Wildman–Crippen LogP) is 6.17. The van der Waals surface area contributed by atoms with Crippen LogP contribution in [0.1, 0.15) is 23.9 Å². The molecular formula is C22H21Br2N2O2+. The second kappa shape index (κ2) is 7.41. The zero-order chi connectivity index (χ0) is 20.0. The summed E-state index contributed by atoms with van der Waals surface area (Å²) in [5.74, 6) is 2.42. The quantitative estimate of drug-likeness (QED) is 0.399. The van der Waals surface area contributed by atoms with Crippen molar-refractivity contribution in [3.05, 3.63) is 68.3 Å². The van der Waals surface area contributed by atoms with E-state index in [2.05, 4.69) is 80.3 Å². The molecule has 0 N–H and O–H groups in total. The summed E-state index contributed by atoms with van der Waals surface area (Å²) in [6.07, 6.45) is 5.89. The van der Waals surface area contributed by atoms with E-state index in [9.17, 15) is 0 Å². The highest BCUT2D eigenvalue weighted by molar-refractivity contribution is 9.11. The number of hydrogen-bond donors (Lipinski definition) is 0. The maximum Gasteiger partial charge on any atom is 0.373 e. The summed E-state index contributed by atoms with van der Waals surface area (Å²) in [5, 5.41) is 0.